The maximum atomic E-state index is 12.4. The Kier molecular flexibility index (Phi) is 11.3. The molecule has 4 nitrogen and oxygen atoms in total. The number of phenolic OH excluding ortho intramolecular Hbond substituents is 1. The number of para-hydroxylation sites is 1. The fraction of sp³-hybridized carbons (Fsp3) is 0.250. The summed E-state index contributed by atoms with van der Waals surface area (Å²) in [6.45, 7) is 25.1. The standard InChI is InChI=1S/C64H64N3O.Pt/c1-39(2)47-36-53(40(3)4)61(68)54(37-47)62-66-60-52(48-33-49(35-50(34-48)63(7,8)9)56-38-45(30-31-65-56)43-26-24-41(5)25-27-43)21-17-23-58(60)67(62)57-29-28-46(32-42(57)6)59-51(44-18-14-13-15-19-44)20-16-22-55(59)64(10,11)12;/h13-32,34-40,68H,1-12H3;/q-1;/i24D,25D,26D,27D,30D,31D,38D;. The number of phenols is 1. The number of aryl methyl sites for hydroxylation is 1. The van der Waals surface area contributed by atoms with E-state index >= 15 is 0 Å². The minimum Gasteiger partial charge on any atom is -0.507 e. The monoisotopic (exact) mass is 1090 g/mol. The van der Waals surface area contributed by atoms with Gasteiger partial charge in [-0.2, -0.15) is 0 Å². The van der Waals surface area contributed by atoms with Crippen molar-refractivity contribution >= 4 is 11.0 Å². The van der Waals surface area contributed by atoms with Crippen molar-refractivity contribution < 1.29 is 35.8 Å². The molecule has 9 rings (SSSR count). The Morgan fingerprint density at radius 1 is 0.638 bits per heavy atom. The number of hydrogen-bond donors (Lipinski definition) is 1. The number of aromatic hydroxyl groups is 1. The normalized spacial score (nSPS) is 13.4. The van der Waals surface area contributed by atoms with Crippen LogP contribution in [0.15, 0.2) is 152 Å². The molecular weight excluding hydrogens is 1020 g/mol. The maximum absolute atomic E-state index is 12.4. The Bertz CT molecular complexity index is 3730. The Morgan fingerprint density at radius 3 is 2.00 bits per heavy atom. The molecule has 7 aromatic carbocycles. The Morgan fingerprint density at radius 2 is 1.33 bits per heavy atom. The van der Waals surface area contributed by atoms with Crippen molar-refractivity contribution in [2.75, 3.05) is 0 Å². The van der Waals surface area contributed by atoms with Gasteiger partial charge >= 0.3 is 0 Å². The second kappa shape index (κ2) is 19.2. The molecule has 0 fully saturated rings. The number of hydrogen-bond acceptors (Lipinski definition) is 3. The van der Waals surface area contributed by atoms with E-state index in [9.17, 15) is 6.48 Å². The van der Waals surface area contributed by atoms with Gasteiger partial charge in [-0.05, 0) is 122 Å². The molecule has 0 saturated heterocycles. The van der Waals surface area contributed by atoms with Gasteiger partial charge in [-0.1, -0.05) is 189 Å². The van der Waals surface area contributed by atoms with Gasteiger partial charge in [0.25, 0.3) is 0 Å². The van der Waals surface area contributed by atoms with E-state index < -0.39 is 17.6 Å². The van der Waals surface area contributed by atoms with Crippen molar-refractivity contribution in [3.05, 3.63) is 191 Å². The minimum absolute atomic E-state index is 0. The SMILES string of the molecule is [2H]c1nc(-c2[c-]c(-c3cccc4c3nc(-c3cc(C(C)C)cc(C(C)C)c3O)n4-c3ccc(-c4c(-c5ccccc5)cccc4C(C)(C)C)cc3C)cc(C(C)(C)C)c2)c([2H])c(-c2c([2H])c([2H])c(C)c([2H])c2[2H])c1[2H].[Pt]. The predicted octanol–water partition coefficient (Wildman–Crippen LogP) is 17.4. The van der Waals surface area contributed by atoms with Gasteiger partial charge in [-0.25, -0.2) is 4.98 Å². The van der Waals surface area contributed by atoms with Crippen LogP contribution in [0.5, 0.6) is 5.75 Å². The number of pyridine rings is 1. The van der Waals surface area contributed by atoms with Crippen LogP contribution in [0.1, 0.15) is 124 Å². The van der Waals surface area contributed by atoms with E-state index in [1.807, 2.05) is 30.3 Å². The van der Waals surface area contributed by atoms with Crippen LogP contribution < -0.4 is 0 Å². The third-order valence-corrected chi connectivity index (χ3v) is 12.9. The van der Waals surface area contributed by atoms with Gasteiger partial charge < -0.3 is 5.11 Å². The first-order chi connectivity index (χ1) is 35.3. The first-order valence-electron chi connectivity index (χ1n) is 27.1. The molecule has 2 heterocycles. The first-order valence-corrected chi connectivity index (χ1v) is 23.6. The zero-order valence-corrected chi connectivity index (χ0v) is 43.9. The fourth-order valence-corrected chi connectivity index (χ4v) is 9.12. The molecule has 0 aliphatic heterocycles. The van der Waals surface area contributed by atoms with Crippen molar-refractivity contribution in [1.29, 1.82) is 0 Å². The molecular formula is C64H64N3OPt-. The summed E-state index contributed by atoms with van der Waals surface area (Å²) < 4.78 is 64.5. The molecule has 69 heavy (non-hydrogen) atoms. The minimum atomic E-state index is -0.473. The molecule has 2 aromatic heterocycles. The summed E-state index contributed by atoms with van der Waals surface area (Å²) in [5.74, 6) is 0.905. The molecule has 0 aliphatic carbocycles. The average molecular weight is 1090 g/mol. The fourth-order valence-electron chi connectivity index (χ4n) is 9.12. The Hall–Kier alpha value is -6.35. The smallest absolute Gasteiger partial charge is 0.148 e. The van der Waals surface area contributed by atoms with E-state index in [1.54, 1.807) is 0 Å². The quantitative estimate of drug-likeness (QED) is 0.147. The summed E-state index contributed by atoms with van der Waals surface area (Å²) in [6.07, 6.45) is -0.473. The van der Waals surface area contributed by atoms with Gasteiger partial charge in [0.2, 0.25) is 0 Å². The number of imidazole rings is 1. The van der Waals surface area contributed by atoms with Crippen LogP contribution in [-0.2, 0) is 31.9 Å². The topological polar surface area (TPSA) is 50.9 Å². The van der Waals surface area contributed by atoms with Gasteiger partial charge in [0, 0.05) is 32.9 Å². The van der Waals surface area contributed by atoms with Crippen molar-refractivity contribution in [3.8, 4) is 78.6 Å². The molecule has 5 heteroatoms. The average Bonchev–Trinajstić information content (AvgIpc) is 3.75. The Labute approximate surface area is 434 Å². The Balaban J connectivity index is 0.00000765. The number of nitrogens with zero attached hydrogens (tertiary/aromatic N) is 3. The van der Waals surface area contributed by atoms with Crippen molar-refractivity contribution in [2.45, 2.75) is 106 Å². The molecule has 0 saturated carbocycles. The van der Waals surface area contributed by atoms with Gasteiger partial charge in [0.15, 0.2) is 0 Å². The van der Waals surface area contributed by atoms with Crippen molar-refractivity contribution in [2.24, 2.45) is 0 Å². The van der Waals surface area contributed by atoms with E-state index in [2.05, 4.69) is 171 Å². The summed E-state index contributed by atoms with van der Waals surface area (Å²) in [5, 5.41) is 12.4. The zero-order valence-electron chi connectivity index (χ0n) is 48.7. The number of benzene rings is 7. The second-order valence-electron chi connectivity index (χ2n) is 20.7. The summed E-state index contributed by atoms with van der Waals surface area (Å²) in [7, 11) is 0. The number of rotatable bonds is 9. The molecule has 352 valence electrons. The number of fused-ring (bicyclic) bond motifs is 1. The van der Waals surface area contributed by atoms with E-state index in [1.165, 1.54) is 18.1 Å². The van der Waals surface area contributed by atoms with Crippen LogP contribution in [0, 0.1) is 19.9 Å². The third-order valence-electron chi connectivity index (χ3n) is 12.9. The number of aromatic nitrogens is 3. The van der Waals surface area contributed by atoms with Crippen LogP contribution in [0.3, 0.4) is 0 Å². The van der Waals surface area contributed by atoms with E-state index in [-0.39, 0.29) is 96.7 Å². The van der Waals surface area contributed by atoms with Crippen LogP contribution in [-0.4, -0.2) is 19.6 Å². The van der Waals surface area contributed by atoms with Gasteiger partial charge in [0.1, 0.15) is 11.6 Å². The van der Waals surface area contributed by atoms with Crippen molar-refractivity contribution in [3.63, 3.8) is 0 Å². The predicted molar refractivity (Wildman–Crippen MR) is 287 cm³/mol. The van der Waals surface area contributed by atoms with Crippen LogP contribution in [0.4, 0.5) is 0 Å². The van der Waals surface area contributed by atoms with E-state index in [0.29, 0.717) is 28.0 Å². The van der Waals surface area contributed by atoms with Crippen LogP contribution in [0.2, 0.25) is 0 Å². The molecule has 1 N–H and O–H groups in total. The largest absolute Gasteiger partial charge is 0.507 e. The molecule has 0 atom stereocenters. The van der Waals surface area contributed by atoms with E-state index in [0.717, 1.165) is 55.7 Å². The zero-order chi connectivity index (χ0) is 54.3. The molecule has 0 aliphatic rings. The second-order valence-corrected chi connectivity index (χ2v) is 20.7. The molecule has 9 aromatic rings. The van der Waals surface area contributed by atoms with Crippen molar-refractivity contribution in [1.82, 2.24) is 14.5 Å². The first kappa shape index (κ1) is 40.5. The molecule has 0 amide bonds. The van der Waals surface area contributed by atoms with Gasteiger partial charge in [0.05, 0.1) is 31.9 Å². The molecule has 0 unspecified atom stereocenters. The maximum Gasteiger partial charge on any atom is 0.148 e. The summed E-state index contributed by atoms with van der Waals surface area (Å²) in [4.78, 5) is 10.1. The summed E-state index contributed by atoms with van der Waals surface area (Å²) in [5.41, 5.74) is 13.3. The third kappa shape index (κ3) is 9.66. The van der Waals surface area contributed by atoms with Crippen LogP contribution >= 0.6 is 0 Å². The summed E-state index contributed by atoms with van der Waals surface area (Å²) >= 11 is 0. The molecule has 0 spiro atoms. The van der Waals surface area contributed by atoms with Gasteiger partial charge in [-0.15, -0.1) is 29.3 Å². The van der Waals surface area contributed by atoms with E-state index in [4.69, 9.17) is 13.2 Å². The van der Waals surface area contributed by atoms with Crippen LogP contribution in [0.25, 0.3) is 83.9 Å². The molecule has 0 bridgehead atoms. The summed E-state index contributed by atoms with van der Waals surface area (Å²) in [6, 6.07) is 39.2. The molecule has 0 radical (unpaired) electrons. The van der Waals surface area contributed by atoms with Gasteiger partial charge in [-0.3, -0.25) is 9.55 Å².